The lowest BCUT2D eigenvalue weighted by Gasteiger charge is -2.07. The Morgan fingerprint density at radius 2 is 1.23 bits per heavy atom. The molecule has 1 amide bonds. The number of carbonyl (C=O) groups excluding carboxylic acids is 1. The van der Waals surface area contributed by atoms with Gasteiger partial charge in [-0.15, -0.1) is 0 Å². The SMILES string of the molecule is Nc1ccc(-c2cc3ocnc3cc2Cl)cn1.O=C(Nc1ccc(-c2cc3ocnc3cc2Cl)cn1)c1ccc(Cl)cc1. The van der Waals surface area contributed by atoms with Crippen molar-refractivity contribution >= 4 is 74.5 Å². The van der Waals surface area contributed by atoms with E-state index in [0.29, 0.717) is 48.9 Å². The molecule has 4 heterocycles. The lowest BCUT2D eigenvalue weighted by Crippen LogP contribution is -2.12. The normalized spacial score (nSPS) is 10.9. The molecule has 0 fully saturated rings. The van der Waals surface area contributed by atoms with E-state index in [1.54, 1.807) is 60.9 Å². The highest BCUT2D eigenvalue weighted by molar-refractivity contribution is 6.34. The number of carbonyl (C=O) groups is 1. The molecule has 4 aromatic heterocycles. The Bertz CT molecular complexity index is 2060. The van der Waals surface area contributed by atoms with E-state index in [9.17, 15) is 4.79 Å². The second-order valence-corrected chi connectivity index (χ2v) is 10.4. The summed E-state index contributed by atoms with van der Waals surface area (Å²) >= 11 is 18.3. The first-order valence-electron chi connectivity index (χ1n) is 12.6. The van der Waals surface area contributed by atoms with Crippen LogP contribution in [0.3, 0.4) is 0 Å². The number of pyridine rings is 2. The first-order valence-corrected chi connectivity index (χ1v) is 13.8. The number of hydrogen-bond acceptors (Lipinski definition) is 8. The van der Waals surface area contributed by atoms with E-state index in [2.05, 4.69) is 25.3 Å². The molecule has 0 aliphatic heterocycles. The van der Waals surface area contributed by atoms with Crippen molar-refractivity contribution < 1.29 is 13.6 Å². The number of fused-ring (bicyclic) bond motifs is 2. The minimum absolute atomic E-state index is 0.261. The highest BCUT2D eigenvalue weighted by Crippen LogP contribution is 2.33. The molecule has 7 aromatic rings. The molecule has 9 nitrogen and oxygen atoms in total. The lowest BCUT2D eigenvalue weighted by molar-refractivity contribution is 0.102. The van der Waals surface area contributed by atoms with Crippen LogP contribution in [0.5, 0.6) is 0 Å². The molecule has 0 unspecified atom stereocenters. The van der Waals surface area contributed by atoms with Gasteiger partial charge < -0.3 is 19.9 Å². The zero-order valence-electron chi connectivity index (χ0n) is 22.0. The van der Waals surface area contributed by atoms with Crippen LogP contribution in [-0.4, -0.2) is 25.8 Å². The lowest BCUT2D eigenvalue weighted by atomic mass is 10.1. The first-order chi connectivity index (χ1) is 20.8. The quantitative estimate of drug-likeness (QED) is 0.198. The van der Waals surface area contributed by atoms with Crippen LogP contribution in [0.15, 0.2) is 107 Å². The maximum Gasteiger partial charge on any atom is 0.256 e. The number of aromatic nitrogens is 4. The van der Waals surface area contributed by atoms with Crippen molar-refractivity contribution in [2.75, 3.05) is 11.1 Å². The molecular weight excluding hydrogens is 611 g/mol. The minimum Gasteiger partial charge on any atom is -0.443 e. The van der Waals surface area contributed by atoms with E-state index in [1.807, 2.05) is 24.3 Å². The second kappa shape index (κ2) is 12.1. The molecule has 3 aromatic carbocycles. The predicted octanol–water partition coefficient (Wildman–Crippen LogP) is 8.57. The number of oxazole rings is 2. The van der Waals surface area contributed by atoms with Gasteiger partial charge >= 0.3 is 0 Å². The van der Waals surface area contributed by atoms with Crippen LogP contribution >= 0.6 is 34.8 Å². The Morgan fingerprint density at radius 3 is 1.74 bits per heavy atom. The average Bonchev–Trinajstić information content (AvgIpc) is 3.66. The molecule has 0 spiro atoms. The Morgan fingerprint density at radius 1 is 0.674 bits per heavy atom. The van der Waals surface area contributed by atoms with Crippen molar-refractivity contribution in [3.63, 3.8) is 0 Å². The zero-order chi connectivity index (χ0) is 29.9. The van der Waals surface area contributed by atoms with Crippen molar-refractivity contribution in [1.29, 1.82) is 0 Å². The third-order valence-corrected chi connectivity index (χ3v) is 7.24. The second-order valence-electron chi connectivity index (χ2n) is 9.17. The van der Waals surface area contributed by atoms with Gasteiger partial charge in [-0.1, -0.05) is 34.8 Å². The highest BCUT2D eigenvalue weighted by Gasteiger charge is 2.11. The van der Waals surface area contributed by atoms with E-state index in [1.165, 1.54) is 12.8 Å². The van der Waals surface area contributed by atoms with Crippen LogP contribution < -0.4 is 11.1 Å². The van der Waals surface area contributed by atoms with E-state index >= 15 is 0 Å². The molecule has 12 heteroatoms. The number of rotatable bonds is 4. The molecule has 0 aliphatic carbocycles. The molecular formula is C31H19Cl3N6O3. The van der Waals surface area contributed by atoms with Crippen LogP contribution in [0.1, 0.15) is 10.4 Å². The predicted molar refractivity (Wildman–Crippen MR) is 168 cm³/mol. The Hall–Kier alpha value is -4.96. The van der Waals surface area contributed by atoms with E-state index < -0.39 is 0 Å². The van der Waals surface area contributed by atoms with Gasteiger partial charge in [0.1, 0.15) is 22.7 Å². The van der Waals surface area contributed by atoms with Gasteiger partial charge in [0.05, 0.1) is 10.0 Å². The van der Waals surface area contributed by atoms with Crippen LogP contribution in [0, 0.1) is 0 Å². The summed E-state index contributed by atoms with van der Waals surface area (Å²) in [5.41, 5.74) is 12.1. The zero-order valence-corrected chi connectivity index (χ0v) is 24.2. The monoisotopic (exact) mass is 628 g/mol. The van der Waals surface area contributed by atoms with Crippen LogP contribution in [0.4, 0.5) is 11.6 Å². The summed E-state index contributed by atoms with van der Waals surface area (Å²) in [6, 6.07) is 20.9. The van der Waals surface area contributed by atoms with Gasteiger partial charge in [-0.2, -0.15) is 0 Å². The molecule has 3 N–H and O–H groups in total. The third-order valence-electron chi connectivity index (χ3n) is 6.36. The van der Waals surface area contributed by atoms with Gasteiger partial charge in [-0.05, 0) is 72.8 Å². The number of nitrogens with two attached hydrogens (primary N) is 1. The number of hydrogen-bond donors (Lipinski definition) is 2. The molecule has 0 bridgehead atoms. The van der Waals surface area contributed by atoms with Crippen molar-refractivity contribution in [1.82, 2.24) is 19.9 Å². The molecule has 212 valence electrons. The Balaban J connectivity index is 0.000000167. The number of nitrogen functional groups attached to an aromatic ring is 1. The van der Waals surface area contributed by atoms with Gasteiger partial charge in [0.25, 0.3) is 5.91 Å². The number of nitrogens with one attached hydrogen (secondary N) is 1. The number of halogens is 3. The standard InChI is InChI=1S/C19H11Cl2N3O2.C12H8ClN3O/c20-13-4-1-11(2-5-13)19(25)24-18-6-3-12(9-22-18)14-7-17-16(8-15(14)21)23-10-26-17;13-9-4-10-11(17-6-16-10)3-8(9)7-1-2-12(14)15-5-7/h1-10H,(H,22,24,25);1-6H,(H2,14,15). The maximum absolute atomic E-state index is 12.2. The summed E-state index contributed by atoms with van der Waals surface area (Å²) in [4.78, 5) is 28.7. The number of amides is 1. The van der Waals surface area contributed by atoms with Crippen LogP contribution in [-0.2, 0) is 0 Å². The van der Waals surface area contributed by atoms with Crippen molar-refractivity contribution in [3.8, 4) is 22.3 Å². The fraction of sp³-hybridized carbons (Fsp3) is 0. The van der Waals surface area contributed by atoms with Crippen LogP contribution in [0.2, 0.25) is 15.1 Å². The van der Waals surface area contributed by atoms with Crippen molar-refractivity contribution in [3.05, 3.63) is 119 Å². The van der Waals surface area contributed by atoms with Gasteiger partial charge in [-0.25, -0.2) is 19.9 Å². The number of nitrogens with zero attached hydrogens (tertiary/aromatic N) is 4. The fourth-order valence-electron chi connectivity index (χ4n) is 4.18. The largest absolute Gasteiger partial charge is 0.443 e. The molecule has 0 atom stereocenters. The van der Waals surface area contributed by atoms with Crippen molar-refractivity contribution in [2.24, 2.45) is 0 Å². The van der Waals surface area contributed by atoms with Crippen molar-refractivity contribution in [2.45, 2.75) is 0 Å². The van der Waals surface area contributed by atoms with E-state index in [-0.39, 0.29) is 5.91 Å². The third kappa shape index (κ3) is 6.29. The number of anilines is 2. The summed E-state index contributed by atoms with van der Waals surface area (Å²) in [7, 11) is 0. The summed E-state index contributed by atoms with van der Waals surface area (Å²) in [6.07, 6.45) is 6.09. The van der Waals surface area contributed by atoms with Gasteiger partial charge in [0, 0.05) is 45.2 Å². The highest BCUT2D eigenvalue weighted by atomic mass is 35.5. The smallest absolute Gasteiger partial charge is 0.256 e. The molecule has 0 aliphatic rings. The average molecular weight is 630 g/mol. The van der Waals surface area contributed by atoms with Gasteiger partial charge in [0.15, 0.2) is 24.0 Å². The fourth-order valence-corrected chi connectivity index (χ4v) is 4.84. The molecule has 0 saturated heterocycles. The summed E-state index contributed by atoms with van der Waals surface area (Å²) < 4.78 is 10.6. The summed E-state index contributed by atoms with van der Waals surface area (Å²) in [5, 5.41) is 4.47. The van der Waals surface area contributed by atoms with E-state index in [0.717, 1.165) is 27.8 Å². The van der Waals surface area contributed by atoms with Gasteiger partial charge in [0.2, 0.25) is 0 Å². The Labute approximate surface area is 259 Å². The number of benzene rings is 3. The summed E-state index contributed by atoms with van der Waals surface area (Å²) in [6.45, 7) is 0. The Kier molecular flexibility index (Phi) is 7.93. The summed E-state index contributed by atoms with van der Waals surface area (Å²) in [5.74, 6) is 0.652. The topological polar surface area (TPSA) is 133 Å². The minimum atomic E-state index is -0.261. The van der Waals surface area contributed by atoms with Crippen LogP contribution in [0.25, 0.3) is 44.5 Å². The molecule has 7 rings (SSSR count). The van der Waals surface area contributed by atoms with E-state index in [4.69, 9.17) is 49.4 Å². The molecule has 43 heavy (non-hydrogen) atoms. The molecule has 0 radical (unpaired) electrons. The maximum atomic E-state index is 12.2. The first kappa shape index (κ1) is 28.2. The molecule has 0 saturated carbocycles. The van der Waals surface area contributed by atoms with Gasteiger partial charge in [-0.3, -0.25) is 4.79 Å².